The van der Waals surface area contributed by atoms with Gasteiger partial charge >= 0.3 is 0 Å². The molecule has 0 amide bonds. The minimum absolute atomic E-state index is 0.0475. The largest absolute Gasteiger partial charge is 0.373 e. The molecular formula is C8H12O2. The lowest BCUT2D eigenvalue weighted by atomic mass is 10.1. The minimum Gasteiger partial charge on any atom is -0.373 e. The first-order chi connectivity index (χ1) is 4.83. The van der Waals surface area contributed by atoms with Crippen LogP contribution in [0.2, 0.25) is 0 Å². The Hall–Kier alpha value is -0.630. The Labute approximate surface area is 60.9 Å². The van der Waals surface area contributed by atoms with Crippen molar-refractivity contribution in [3.63, 3.8) is 0 Å². The predicted molar refractivity (Wildman–Crippen MR) is 38.8 cm³/mol. The van der Waals surface area contributed by atoms with Gasteiger partial charge < -0.3 is 4.74 Å². The van der Waals surface area contributed by atoms with Gasteiger partial charge in [0.2, 0.25) is 0 Å². The lowest BCUT2D eigenvalue weighted by Crippen LogP contribution is -2.23. The third-order valence-electron chi connectivity index (χ3n) is 1.55. The summed E-state index contributed by atoms with van der Waals surface area (Å²) in [7, 11) is 0. The van der Waals surface area contributed by atoms with E-state index in [2.05, 4.69) is 0 Å². The molecule has 0 aromatic heterocycles. The fourth-order valence-corrected chi connectivity index (χ4v) is 1.05. The van der Waals surface area contributed by atoms with Crippen LogP contribution < -0.4 is 0 Å². The van der Waals surface area contributed by atoms with Gasteiger partial charge in [0.25, 0.3) is 0 Å². The zero-order chi connectivity index (χ0) is 7.40. The maximum absolute atomic E-state index is 10.8. The van der Waals surface area contributed by atoms with E-state index in [0.29, 0.717) is 25.2 Å². The van der Waals surface area contributed by atoms with Gasteiger partial charge in [-0.2, -0.15) is 0 Å². The van der Waals surface area contributed by atoms with Crippen molar-refractivity contribution in [2.75, 3.05) is 6.61 Å². The van der Waals surface area contributed by atoms with Gasteiger partial charge in [0.15, 0.2) is 0 Å². The SMILES string of the molecule is CC=CC1CC(=O)CCO1. The molecule has 1 aliphatic rings. The second-order valence-corrected chi connectivity index (χ2v) is 2.43. The van der Waals surface area contributed by atoms with Crippen molar-refractivity contribution in [1.29, 1.82) is 0 Å². The molecule has 1 atom stereocenters. The average molecular weight is 140 g/mol. The van der Waals surface area contributed by atoms with E-state index in [4.69, 9.17) is 4.74 Å². The highest BCUT2D eigenvalue weighted by molar-refractivity contribution is 5.79. The average Bonchev–Trinajstić information content (AvgIpc) is 1.88. The first-order valence-electron chi connectivity index (χ1n) is 3.59. The van der Waals surface area contributed by atoms with E-state index in [1.807, 2.05) is 19.1 Å². The molecule has 1 heterocycles. The van der Waals surface area contributed by atoms with Crippen molar-refractivity contribution in [2.24, 2.45) is 0 Å². The summed E-state index contributed by atoms with van der Waals surface area (Å²) < 4.78 is 5.28. The number of carbonyl (C=O) groups is 1. The molecule has 0 radical (unpaired) electrons. The Bertz CT molecular complexity index is 149. The maximum Gasteiger partial charge on any atom is 0.138 e. The summed E-state index contributed by atoms with van der Waals surface area (Å²) in [6, 6.07) is 0. The molecular weight excluding hydrogens is 128 g/mol. The van der Waals surface area contributed by atoms with Crippen molar-refractivity contribution >= 4 is 5.78 Å². The fraction of sp³-hybridized carbons (Fsp3) is 0.625. The Morgan fingerprint density at radius 3 is 3.10 bits per heavy atom. The summed E-state index contributed by atoms with van der Waals surface area (Å²) in [5, 5.41) is 0. The van der Waals surface area contributed by atoms with E-state index in [-0.39, 0.29) is 6.10 Å². The molecule has 1 unspecified atom stereocenters. The second kappa shape index (κ2) is 3.52. The lowest BCUT2D eigenvalue weighted by Gasteiger charge is -2.17. The van der Waals surface area contributed by atoms with Crippen molar-refractivity contribution in [1.82, 2.24) is 0 Å². The molecule has 0 bridgehead atoms. The number of allylic oxidation sites excluding steroid dienone is 1. The van der Waals surface area contributed by atoms with Crippen LogP contribution in [0.5, 0.6) is 0 Å². The zero-order valence-corrected chi connectivity index (χ0v) is 6.17. The summed E-state index contributed by atoms with van der Waals surface area (Å²) in [5.41, 5.74) is 0. The Morgan fingerprint density at radius 2 is 2.50 bits per heavy atom. The highest BCUT2D eigenvalue weighted by Crippen LogP contribution is 2.10. The fourth-order valence-electron chi connectivity index (χ4n) is 1.05. The number of rotatable bonds is 1. The van der Waals surface area contributed by atoms with E-state index in [1.165, 1.54) is 0 Å². The van der Waals surface area contributed by atoms with Crippen molar-refractivity contribution in [2.45, 2.75) is 25.9 Å². The Balaban J connectivity index is 2.39. The molecule has 0 aromatic rings. The van der Waals surface area contributed by atoms with Crippen LogP contribution in [0.3, 0.4) is 0 Å². The molecule has 2 heteroatoms. The van der Waals surface area contributed by atoms with Gasteiger partial charge in [-0.05, 0) is 6.92 Å². The molecule has 2 nitrogen and oxygen atoms in total. The second-order valence-electron chi connectivity index (χ2n) is 2.43. The number of ether oxygens (including phenoxy) is 1. The molecule has 0 aromatic carbocycles. The summed E-state index contributed by atoms with van der Waals surface area (Å²) in [4.78, 5) is 10.8. The van der Waals surface area contributed by atoms with Gasteiger partial charge in [0.05, 0.1) is 12.7 Å². The molecule has 1 saturated heterocycles. The topological polar surface area (TPSA) is 26.3 Å². The van der Waals surface area contributed by atoms with Gasteiger partial charge in [0, 0.05) is 12.8 Å². The van der Waals surface area contributed by atoms with E-state index < -0.39 is 0 Å². The first kappa shape index (κ1) is 7.48. The van der Waals surface area contributed by atoms with Crippen LogP contribution in [0.25, 0.3) is 0 Å². The Kier molecular flexibility index (Phi) is 2.63. The zero-order valence-electron chi connectivity index (χ0n) is 6.17. The quantitative estimate of drug-likeness (QED) is 0.513. The van der Waals surface area contributed by atoms with Crippen molar-refractivity contribution < 1.29 is 9.53 Å². The maximum atomic E-state index is 10.8. The third-order valence-corrected chi connectivity index (χ3v) is 1.55. The van der Waals surface area contributed by atoms with Gasteiger partial charge in [-0.15, -0.1) is 0 Å². The van der Waals surface area contributed by atoms with Crippen LogP contribution in [-0.4, -0.2) is 18.5 Å². The first-order valence-corrected chi connectivity index (χ1v) is 3.59. The number of ketones is 1. The van der Waals surface area contributed by atoms with Crippen LogP contribution in [0.1, 0.15) is 19.8 Å². The molecule has 1 aliphatic heterocycles. The van der Waals surface area contributed by atoms with Crippen molar-refractivity contribution in [3.8, 4) is 0 Å². The molecule has 0 N–H and O–H groups in total. The van der Waals surface area contributed by atoms with Gasteiger partial charge in [0.1, 0.15) is 5.78 Å². The molecule has 1 rings (SSSR count). The summed E-state index contributed by atoms with van der Waals surface area (Å²) >= 11 is 0. The molecule has 1 fully saturated rings. The standard InChI is InChI=1S/C8H12O2/c1-2-3-8-6-7(9)4-5-10-8/h2-3,8H,4-6H2,1H3. The Morgan fingerprint density at radius 1 is 1.70 bits per heavy atom. The van der Waals surface area contributed by atoms with E-state index >= 15 is 0 Å². The van der Waals surface area contributed by atoms with Crippen LogP contribution in [-0.2, 0) is 9.53 Å². The number of hydrogen-bond acceptors (Lipinski definition) is 2. The van der Waals surface area contributed by atoms with Gasteiger partial charge in [-0.1, -0.05) is 12.2 Å². The molecule has 0 spiro atoms. The van der Waals surface area contributed by atoms with Crippen molar-refractivity contribution in [3.05, 3.63) is 12.2 Å². The van der Waals surface area contributed by atoms with Gasteiger partial charge in [-0.25, -0.2) is 0 Å². The normalized spacial score (nSPS) is 27.7. The highest BCUT2D eigenvalue weighted by Gasteiger charge is 2.16. The van der Waals surface area contributed by atoms with Crippen LogP contribution in [0, 0.1) is 0 Å². The lowest BCUT2D eigenvalue weighted by molar-refractivity contribution is -0.126. The number of hydrogen-bond donors (Lipinski definition) is 0. The molecule has 0 aliphatic carbocycles. The number of carbonyl (C=O) groups excluding carboxylic acids is 1. The monoisotopic (exact) mass is 140 g/mol. The van der Waals surface area contributed by atoms with Crippen LogP contribution >= 0.6 is 0 Å². The van der Waals surface area contributed by atoms with Crippen LogP contribution in [0.15, 0.2) is 12.2 Å². The van der Waals surface area contributed by atoms with Crippen LogP contribution in [0.4, 0.5) is 0 Å². The predicted octanol–water partition coefficient (Wildman–Crippen LogP) is 1.31. The van der Waals surface area contributed by atoms with E-state index in [0.717, 1.165) is 0 Å². The smallest absolute Gasteiger partial charge is 0.138 e. The third kappa shape index (κ3) is 1.95. The summed E-state index contributed by atoms with van der Waals surface area (Å²) in [5.74, 6) is 0.314. The summed E-state index contributed by atoms with van der Waals surface area (Å²) in [6.45, 7) is 2.52. The van der Waals surface area contributed by atoms with Gasteiger partial charge in [-0.3, -0.25) is 4.79 Å². The molecule has 56 valence electrons. The minimum atomic E-state index is 0.0475. The highest BCUT2D eigenvalue weighted by atomic mass is 16.5. The summed E-state index contributed by atoms with van der Waals surface area (Å²) in [6.07, 6.45) is 5.05. The molecule has 10 heavy (non-hydrogen) atoms. The molecule has 0 saturated carbocycles. The number of Topliss-reactive ketones (excluding diaryl/α,β-unsaturated/α-hetero) is 1. The van der Waals surface area contributed by atoms with E-state index in [1.54, 1.807) is 0 Å². The van der Waals surface area contributed by atoms with E-state index in [9.17, 15) is 4.79 Å².